The molecular formula is C11H16O2. The van der Waals surface area contributed by atoms with Crippen LogP contribution in [0, 0.1) is 23.7 Å². The Morgan fingerprint density at radius 2 is 2.31 bits per heavy atom. The number of cyclic esters (lactones) is 1. The van der Waals surface area contributed by atoms with Gasteiger partial charge in [-0.1, -0.05) is 26.0 Å². The maximum atomic E-state index is 11.5. The van der Waals surface area contributed by atoms with Crippen LogP contribution < -0.4 is 0 Å². The van der Waals surface area contributed by atoms with Gasteiger partial charge >= 0.3 is 5.97 Å². The first-order valence-electron chi connectivity index (χ1n) is 5.09. The Morgan fingerprint density at radius 3 is 3.00 bits per heavy atom. The number of carbonyl (C=O) groups excluding carboxylic acids is 1. The third-order valence-corrected chi connectivity index (χ3v) is 3.42. The molecule has 1 heterocycles. The molecule has 0 aromatic rings. The molecule has 4 unspecified atom stereocenters. The molecule has 1 fully saturated rings. The minimum Gasteiger partial charge on any atom is -0.465 e. The van der Waals surface area contributed by atoms with E-state index in [4.69, 9.17) is 4.74 Å². The van der Waals surface area contributed by atoms with E-state index in [1.807, 2.05) is 0 Å². The summed E-state index contributed by atoms with van der Waals surface area (Å²) in [6, 6.07) is 0. The number of fused-ring (bicyclic) bond motifs is 1. The van der Waals surface area contributed by atoms with Crippen LogP contribution in [0.4, 0.5) is 0 Å². The van der Waals surface area contributed by atoms with E-state index in [0.29, 0.717) is 24.4 Å². The SMILES string of the molecule is CCC1C=CC(C)C2COC(=O)C12. The van der Waals surface area contributed by atoms with Crippen LogP contribution in [0.3, 0.4) is 0 Å². The Balaban J connectivity index is 2.25. The van der Waals surface area contributed by atoms with Crippen molar-refractivity contribution in [1.29, 1.82) is 0 Å². The van der Waals surface area contributed by atoms with E-state index in [1.54, 1.807) is 0 Å². The molecule has 0 saturated carbocycles. The van der Waals surface area contributed by atoms with E-state index in [-0.39, 0.29) is 11.9 Å². The highest BCUT2D eigenvalue weighted by molar-refractivity contribution is 5.75. The predicted molar refractivity (Wildman–Crippen MR) is 50.0 cm³/mol. The Kier molecular flexibility index (Phi) is 2.14. The number of ether oxygens (including phenoxy) is 1. The fourth-order valence-corrected chi connectivity index (χ4v) is 2.49. The van der Waals surface area contributed by atoms with Gasteiger partial charge in [0.1, 0.15) is 0 Å². The maximum Gasteiger partial charge on any atom is 0.309 e. The minimum atomic E-state index is 0.0213. The lowest BCUT2D eigenvalue weighted by Crippen LogP contribution is -2.30. The van der Waals surface area contributed by atoms with Crippen LogP contribution in [0.5, 0.6) is 0 Å². The number of rotatable bonds is 1. The molecule has 72 valence electrons. The van der Waals surface area contributed by atoms with E-state index >= 15 is 0 Å². The standard InChI is InChI=1S/C11H16O2/c1-3-8-5-4-7(2)9-6-13-11(12)10(8)9/h4-5,7-10H,3,6H2,1-2H3. The molecular weight excluding hydrogens is 164 g/mol. The largest absolute Gasteiger partial charge is 0.465 e. The normalized spacial score (nSPS) is 43.1. The number of carbonyl (C=O) groups is 1. The predicted octanol–water partition coefficient (Wildman–Crippen LogP) is 2.01. The monoisotopic (exact) mass is 180 g/mol. The summed E-state index contributed by atoms with van der Waals surface area (Å²) < 4.78 is 5.12. The van der Waals surface area contributed by atoms with Gasteiger partial charge in [0.15, 0.2) is 0 Å². The molecule has 0 amide bonds. The lowest BCUT2D eigenvalue weighted by atomic mass is 9.72. The first-order valence-corrected chi connectivity index (χ1v) is 5.09. The van der Waals surface area contributed by atoms with Crippen LogP contribution in [0.15, 0.2) is 12.2 Å². The van der Waals surface area contributed by atoms with Crippen LogP contribution in [0.25, 0.3) is 0 Å². The number of hydrogen-bond acceptors (Lipinski definition) is 2. The zero-order chi connectivity index (χ0) is 9.42. The topological polar surface area (TPSA) is 26.3 Å². The summed E-state index contributed by atoms with van der Waals surface area (Å²) in [6.45, 7) is 4.93. The number of hydrogen-bond donors (Lipinski definition) is 0. The van der Waals surface area contributed by atoms with E-state index in [2.05, 4.69) is 26.0 Å². The molecule has 2 nitrogen and oxygen atoms in total. The molecule has 1 aliphatic heterocycles. The summed E-state index contributed by atoms with van der Waals surface area (Å²) in [6.07, 6.45) is 5.47. The van der Waals surface area contributed by atoms with Gasteiger partial charge in [0.05, 0.1) is 12.5 Å². The van der Waals surface area contributed by atoms with E-state index in [0.717, 1.165) is 6.42 Å². The quantitative estimate of drug-likeness (QED) is 0.456. The summed E-state index contributed by atoms with van der Waals surface area (Å²) in [5, 5.41) is 0. The molecule has 1 aliphatic carbocycles. The van der Waals surface area contributed by atoms with E-state index < -0.39 is 0 Å². The molecule has 0 spiro atoms. The second-order valence-corrected chi connectivity index (χ2v) is 4.14. The van der Waals surface area contributed by atoms with Gasteiger partial charge in [-0.3, -0.25) is 4.79 Å². The lowest BCUT2D eigenvalue weighted by molar-refractivity contribution is -0.142. The summed E-state index contributed by atoms with van der Waals surface area (Å²) in [5.74, 6) is 1.51. The van der Waals surface area contributed by atoms with Crippen molar-refractivity contribution in [3.63, 3.8) is 0 Å². The maximum absolute atomic E-state index is 11.5. The molecule has 0 aromatic heterocycles. The van der Waals surface area contributed by atoms with Crippen molar-refractivity contribution in [2.75, 3.05) is 6.61 Å². The summed E-state index contributed by atoms with van der Waals surface area (Å²) >= 11 is 0. The fourth-order valence-electron chi connectivity index (χ4n) is 2.49. The third-order valence-electron chi connectivity index (χ3n) is 3.42. The molecule has 2 heteroatoms. The first-order chi connectivity index (χ1) is 6.24. The van der Waals surface area contributed by atoms with Gasteiger partial charge in [-0.25, -0.2) is 0 Å². The Morgan fingerprint density at radius 1 is 1.54 bits per heavy atom. The van der Waals surface area contributed by atoms with Crippen molar-refractivity contribution in [3.05, 3.63) is 12.2 Å². The van der Waals surface area contributed by atoms with Crippen molar-refractivity contribution in [3.8, 4) is 0 Å². The smallest absolute Gasteiger partial charge is 0.309 e. The van der Waals surface area contributed by atoms with Gasteiger partial charge in [-0.05, 0) is 18.3 Å². The summed E-state index contributed by atoms with van der Waals surface area (Å²) in [4.78, 5) is 11.5. The van der Waals surface area contributed by atoms with Crippen molar-refractivity contribution < 1.29 is 9.53 Å². The average molecular weight is 180 g/mol. The first kappa shape index (κ1) is 8.79. The van der Waals surface area contributed by atoms with Gasteiger partial charge in [-0.2, -0.15) is 0 Å². The highest BCUT2D eigenvalue weighted by Crippen LogP contribution is 2.40. The third kappa shape index (κ3) is 1.28. The highest BCUT2D eigenvalue weighted by atomic mass is 16.5. The fraction of sp³-hybridized carbons (Fsp3) is 0.727. The van der Waals surface area contributed by atoms with Gasteiger partial charge in [0, 0.05) is 5.92 Å². The molecule has 0 bridgehead atoms. The Hall–Kier alpha value is -0.790. The van der Waals surface area contributed by atoms with Gasteiger partial charge < -0.3 is 4.74 Å². The average Bonchev–Trinajstić information content (AvgIpc) is 2.51. The summed E-state index contributed by atoms with van der Waals surface area (Å²) in [7, 11) is 0. The van der Waals surface area contributed by atoms with E-state index in [9.17, 15) is 4.79 Å². The molecule has 4 atom stereocenters. The van der Waals surface area contributed by atoms with Gasteiger partial charge in [0.2, 0.25) is 0 Å². The van der Waals surface area contributed by atoms with Crippen molar-refractivity contribution in [2.24, 2.45) is 23.7 Å². The number of esters is 1. The highest BCUT2D eigenvalue weighted by Gasteiger charge is 2.44. The second kappa shape index (κ2) is 3.17. The Labute approximate surface area is 79.0 Å². The molecule has 1 saturated heterocycles. The molecule has 13 heavy (non-hydrogen) atoms. The van der Waals surface area contributed by atoms with Crippen molar-refractivity contribution >= 4 is 5.97 Å². The van der Waals surface area contributed by atoms with Crippen LogP contribution in [0.2, 0.25) is 0 Å². The Bertz CT molecular complexity index is 244. The zero-order valence-corrected chi connectivity index (χ0v) is 8.19. The van der Waals surface area contributed by atoms with Crippen LogP contribution >= 0.6 is 0 Å². The second-order valence-electron chi connectivity index (χ2n) is 4.14. The van der Waals surface area contributed by atoms with Crippen LogP contribution in [0.1, 0.15) is 20.3 Å². The van der Waals surface area contributed by atoms with Gasteiger partial charge in [0.25, 0.3) is 0 Å². The van der Waals surface area contributed by atoms with Gasteiger partial charge in [-0.15, -0.1) is 0 Å². The van der Waals surface area contributed by atoms with E-state index in [1.165, 1.54) is 0 Å². The molecule has 2 rings (SSSR count). The summed E-state index contributed by atoms with van der Waals surface area (Å²) in [5.41, 5.74) is 0. The zero-order valence-electron chi connectivity index (χ0n) is 8.19. The number of allylic oxidation sites excluding steroid dienone is 2. The minimum absolute atomic E-state index is 0.0213. The van der Waals surface area contributed by atoms with Crippen molar-refractivity contribution in [1.82, 2.24) is 0 Å². The molecule has 0 N–H and O–H groups in total. The van der Waals surface area contributed by atoms with Crippen LogP contribution in [-0.2, 0) is 9.53 Å². The lowest BCUT2D eigenvalue weighted by Gasteiger charge is -2.29. The van der Waals surface area contributed by atoms with Crippen molar-refractivity contribution in [2.45, 2.75) is 20.3 Å². The molecule has 0 radical (unpaired) electrons. The van der Waals surface area contributed by atoms with Crippen LogP contribution in [-0.4, -0.2) is 12.6 Å². The molecule has 0 aromatic carbocycles. The molecule has 2 aliphatic rings.